The van der Waals surface area contributed by atoms with Crippen LogP contribution in [0.3, 0.4) is 0 Å². The Labute approximate surface area is 117 Å². The van der Waals surface area contributed by atoms with Crippen LogP contribution in [0, 0.1) is 0 Å². The highest BCUT2D eigenvalue weighted by atomic mass is 35.5. The highest BCUT2D eigenvalue weighted by Gasteiger charge is 2.40. The minimum atomic E-state index is 0.370. The van der Waals surface area contributed by atoms with Gasteiger partial charge >= 0.3 is 0 Å². The minimum Gasteiger partial charge on any atom is -0.377 e. The average molecular weight is 281 g/mol. The van der Waals surface area contributed by atoms with Crippen LogP contribution in [0.25, 0.3) is 0 Å². The fraction of sp³-hybridized carbons (Fsp3) is 0.692. The molecule has 2 saturated heterocycles. The van der Waals surface area contributed by atoms with E-state index in [-0.39, 0.29) is 0 Å². The minimum absolute atomic E-state index is 0.370. The summed E-state index contributed by atoms with van der Waals surface area (Å²) in [6, 6.07) is 0.916. The fourth-order valence-electron chi connectivity index (χ4n) is 3.55. The molecular weight excluding hydrogens is 264 g/mol. The second-order valence-electron chi connectivity index (χ2n) is 5.74. The lowest BCUT2D eigenvalue weighted by molar-refractivity contribution is 0.0901. The molecule has 19 heavy (non-hydrogen) atoms. The summed E-state index contributed by atoms with van der Waals surface area (Å²) >= 11 is 6.11. The van der Waals surface area contributed by atoms with Gasteiger partial charge in [0.2, 0.25) is 5.28 Å². The van der Waals surface area contributed by atoms with Crippen LogP contribution in [0.15, 0.2) is 0 Å². The Kier molecular flexibility index (Phi) is 2.69. The van der Waals surface area contributed by atoms with Gasteiger partial charge in [-0.15, -0.1) is 0 Å². The maximum Gasteiger partial charge on any atom is 0.224 e. The van der Waals surface area contributed by atoms with Crippen LogP contribution in [0.5, 0.6) is 0 Å². The standard InChI is InChI=1S/C13H17ClN4O/c1-17-4-10-11(5-17)15-13(14)16-12(10)18-8-2-3-9(18)7-19-6-8/h8-9H,2-7H2,1H3/t8-,9?/m1/s1. The lowest BCUT2D eigenvalue weighted by Gasteiger charge is -2.36. The van der Waals surface area contributed by atoms with Crippen molar-refractivity contribution in [2.75, 3.05) is 25.2 Å². The van der Waals surface area contributed by atoms with E-state index in [4.69, 9.17) is 16.3 Å². The molecule has 0 amide bonds. The summed E-state index contributed by atoms with van der Waals surface area (Å²) in [5.74, 6) is 1.05. The van der Waals surface area contributed by atoms with Gasteiger partial charge in [0, 0.05) is 18.7 Å². The molecule has 0 aromatic carbocycles. The van der Waals surface area contributed by atoms with Crippen LogP contribution in [0.1, 0.15) is 24.1 Å². The van der Waals surface area contributed by atoms with E-state index in [2.05, 4.69) is 26.8 Å². The third-order valence-corrected chi connectivity index (χ3v) is 4.55. The number of aromatic nitrogens is 2. The van der Waals surface area contributed by atoms with Crippen molar-refractivity contribution in [3.63, 3.8) is 0 Å². The van der Waals surface area contributed by atoms with E-state index < -0.39 is 0 Å². The smallest absolute Gasteiger partial charge is 0.224 e. The summed E-state index contributed by atoms with van der Waals surface area (Å²) in [6.07, 6.45) is 2.38. The number of nitrogens with zero attached hydrogens (tertiary/aromatic N) is 4. The maximum absolute atomic E-state index is 6.11. The maximum atomic E-state index is 6.11. The molecular formula is C13H17ClN4O. The number of fused-ring (bicyclic) bond motifs is 3. The van der Waals surface area contributed by atoms with E-state index >= 15 is 0 Å². The molecule has 4 rings (SSSR count). The molecule has 2 bridgehead atoms. The summed E-state index contributed by atoms with van der Waals surface area (Å²) in [7, 11) is 2.10. The van der Waals surface area contributed by atoms with Crippen molar-refractivity contribution in [1.29, 1.82) is 0 Å². The Morgan fingerprint density at radius 1 is 1.16 bits per heavy atom. The third-order valence-electron chi connectivity index (χ3n) is 4.38. The third kappa shape index (κ3) is 1.83. The molecule has 5 nitrogen and oxygen atoms in total. The highest BCUT2D eigenvalue weighted by Crippen LogP contribution is 2.38. The summed E-state index contributed by atoms with van der Waals surface area (Å²) in [5, 5.41) is 0.370. The molecule has 1 unspecified atom stereocenters. The molecule has 0 N–H and O–H groups in total. The quantitative estimate of drug-likeness (QED) is 0.728. The van der Waals surface area contributed by atoms with Gasteiger partial charge in [-0.3, -0.25) is 4.90 Å². The van der Waals surface area contributed by atoms with Crippen molar-refractivity contribution in [1.82, 2.24) is 14.9 Å². The van der Waals surface area contributed by atoms with E-state index in [0.717, 1.165) is 37.8 Å². The molecule has 0 aliphatic carbocycles. The first kappa shape index (κ1) is 11.9. The number of hydrogen-bond donors (Lipinski definition) is 0. The summed E-state index contributed by atoms with van der Waals surface area (Å²) in [6.45, 7) is 3.40. The monoisotopic (exact) mass is 280 g/mol. The topological polar surface area (TPSA) is 41.5 Å². The predicted molar refractivity (Wildman–Crippen MR) is 72.3 cm³/mol. The second-order valence-corrected chi connectivity index (χ2v) is 6.08. The molecule has 1 aromatic heterocycles. The molecule has 0 spiro atoms. The van der Waals surface area contributed by atoms with Crippen LogP contribution >= 0.6 is 11.6 Å². The Morgan fingerprint density at radius 3 is 2.63 bits per heavy atom. The van der Waals surface area contributed by atoms with Gasteiger partial charge in [0.05, 0.1) is 31.0 Å². The zero-order valence-corrected chi connectivity index (χ0v) is 11.7. The highest BCUT2D eigenvalue weighted by molar-refractivity contribution is 6.28. The average Bonchev–Trinajstić information content (AvgIpc) is 2.85. The van der Waals surface area contributed by atoms with Gasteiger partial charge in [0.1, 0.15) is 5.82 Å². The Morgan fingerprint density at radius 2 is 1.89 bits per heavy atom. The van der Waals surface area contributed by atoms with Gasteiger partial charge in [-0.1, -0.05) is 0 Å². The first-order valence-corrected chi connectivity index (χ1v) is 7.20. The van der Waals surface area contributed by atoms with Crippen LogP contribution in [0.2, 0.25) is 5.28 Å². The summed E-state index contributed by atoms with van der Waals surface area (Å²) in [5.41, 5.74) is 2.34. The van der Waals surface area contributed by atoms with Crippen LogP contribution < -0.4 is 4.90 Å². The molecule has 4 heterocycles. The Balaban J connectivity index is 1.79. The van der Waals surface area contributed by atoms with Gasteiger partial charge < -0.3 is 9.64 Å². The van der Waals surface area contributed by atoms with E-state index in [0.29, 0.717) is 17.4 Å². The lowest BCUT2D eigenvalue weighted by atomic mass is 10.2. The molecule has 0 saturated carbocycles. The molecule has 6 heteroatoms. The van der Waals surface area contributed by atoms with E-state index in [1.807, 2.05) is 0 Å². The summed E-state index contributed by atoms with van der Waals surface area (Å²) < 4.78 is 5.65. The Hall–Kier alpha value is -0.910. The molecule has 1 aromatic rings. The number of ether oxygens (including phenoxy) is 1. The van der Waals surface area contributed by atoms with Gasteiger partial charge in [-0.05, 0) is 31.5 Å². The van der Waals surface area contributed by atoms with Crippen molar-refractivity contribution in [2.45, 2.75) is 38.0 Å². The van der Waals surface area contributed by atoms with Crippen LogP contribution in [-0.2, 0) is 17.8 Å². The van der Waals surface area contributed by atoms with Gasteiger partial charge in [0.15, 0.2) is 0 Å². The van der Waals surface area contributed by atoms with Crippen molar-refractivity contribution in [3.8, 4) is 0 Å². The first-order chi connectivity index (χ1) is 9.22. The lowest BCUT2D eigenvalue weighted by Crippen LogP contribution is -2.46. The second kappa shape index (κ2) is 4.30. The number of halogens is 1. The number of rotatable bonds is 1. The van der Waals surface area contributed by atoms with Crippen molar-refractivity contribution >= 4 is 17.4 Å². The van der Waals surface area contributed by atoms with Crippen molar-refractivity contribution in [2.24, 2.45) is 0 Å². The van der Waals surface area contributed by atoms with Gasteiger partial charge in [-0.2, -0.15) is 0 Å². The van der Waals surface area contributed by atoms with E-state index in [9.17, 15) is 0 Å². The zero-order valence-electron chi connectivity index (χ0n) is 11.0. The van der Waals surface area contributed by atoms with E-state index in [1.165, 1.54) is 18.4 Å². The largest absolute Gasteiger partial charge is 0.377 e. The molecule has 2 atom stereocenters. The number of morpholine rings is 1. The Bertz CT molecular complexity index is 508. The normalized spacial score (nSPS) is 29.9. The van der Waals surface area contributed by atoms with Gasteiger partial charge in [-0.25, -0.2) is 9.97 Å². The van der Waals surface area contributed by atoms with Crippen molar-refractivity contribution < 1.29 is 4.74 Å². The summed E-state index contributed by atoms with van der Waals surface area (Å²) in [4.78, 5) is 13.6. The fourth-order valence-corrected chi connectivity index (χ4v) is 3.73. The number of hydrogen-bond acceptors (Lipinski definition) is 5. The number of anilines is 1. The first-order valence-electron chi connectivity index (χ1n) is 6.82. The zero-order chi connectivity index (χ0) is 13.0. The molecule has 102 valence electrons. The molecule has 3 aliphatic heterocycles. The SMILES string of the molecule is CN1Cc2nc(Cl)nc(N3C4CC[C@@H]3COC4)c2C1. The van der Waals surface area contributed by atoms with Crippen molar-refractivity contribution in [3.05, 3.63) is 16.5 Å². The van der Waals surface area contributed by atoms with Gasteiger partial charge in [0.25, 0.3) is 0 Å². The predicted octanol–water partition coefficient (Wildman–Crippen LogP) is 1.44. The molecule has 3 aliphatic rings. The van der Waals surface area contributed by atoms with Crippen LogP contribution in [0.4, 0.5) is 5.82 Å². The van der Waals surface area contributed by atoms with E-state index in [1.54, 1.807) is 0 Å². The van der Waals surface area contributed by atoms with Crippen LogP contribution in [-0.4, -0.2) is 47.2 Å². The molecule has 2 fully saturated rings. The molecule has 0 radical (unpaired) electrons.